The first-order valence-corrected chi connectivity index (χ1v) is 6.07. The molecular weight excluding hydrogens is 211 g/mol. The van der Waals surface area contributed by atoms with Crippen LogP contribution in [0.25, 0.3) is 10.8 Å². The van der Waals surface area contributed by atoms with Gasteiger partial charge in [-0.3, -0.25) is 0 Å². The van der Waals surface area contributed by atoms with E-state index >= 15 is 0 Å². The van der Waals surface area contributed by atoms with E-state index < -0.39 is 0 Å². The van der Waals surface area contributed by atoms with Gasteiger partial charge in [-0.1, -0.05) is 42.5 Å². The molecule has 0 radical (unpaired) electrons. The predicted molar refractivity (Wildman–Crippen MR) is 72.6 cm³/mol. The summed E-state index contributed by atoms with van der Waals surface area (Å²) in [5, 5.41) is 2.46. The summed E-state index contributed by atoms with van der Waals surface area (Å²) >= 11 is 0. The smallest absolute Gasteiger partial charge is 0.408 e. The highest BCUT2D eigenvalue weighted by Gasteiger charge is 2.19. The lowest BCUT2D eigenvalue weighted by Gasteiger charge is -2.13. The molecule has 3 heteroatoms. The van der Waals surface area contributed by atoms with Crippen molar-refractivity contribution in [2.24, 2.45) is 0 Å². The summed E-state index contributed by atoms with van der Waals surface area (Å²) in [6.07, 6.45) is 0. The van der Waals surface area contributed by atoms with Gasteiger partial charge >= 0.3 is 7.12 Å². The van der Waals surface area contributed by atoms with E-state index in [0.29, 0.717) is 13.2 Å². The third-order valence-corrected chi connectivity index (χ3v) is 2.68. The minimum atomic E-state index is -0.255. The van der Waals surface area contributed by atoms with E-state index in [1.165, 1.54) is 10.8 Å². The molecule has 2 rings (SSSR count). The average Bonchev–Trinajstić information content (AvgIpc) is 2.38. The molecule has 0 spiro atoms. The Morgan fingerprint density at radius 3 is 2.18 bits per heavy atom. The van der Waals surface area contributed by atoms with Gasteiger partial charge in [0, 0.05) is 13.2 Å². The minimum Gasteiger partial charge on any atom is -0.408 e. The van der Waals surface area contributed by atoms with E-state index in [4.69, 9.17) is 9.31 Å². The minimum absolute atomic E-state index is 0.255. The van der Waals surface area contributed by atoms with Gasteiger partial charge in [0.05, 0.1) is 0 Å². The molecule has 2 aromatic carbocycles. The molecule has 0 aromatic heterocycles. The molecule has 2 nitrogen and oxygen atoms in total. The van der Waals surface area contributed by atoms with Gasteiger partial charge in [0.15, 0.2) is 0 Å². The SMILES string of the molecule is CCOB(OCC)c1ccc2ccccc2c1. The van der Waals surface area contributed by atoms with Crippen LogP contribution in [0.5, 0.6) is 0 Å². The highest BCUT2D eigenvalue weighted by atomic mass is 16.6. The Balaban J connectivity index is 2.32. The van der Waals surface area contributed by atoms with Gasteiger partial charge < -0.3 is 9.31 Å². The molecule has 0 aliphatic heterocycles. The monoisotopic (exact) mass is 228 g/mol. The van der Waals surface area contributed by atoms with Crippen molar-refractivity contribution in [3.8, 4) is 0 Å². The van der Waals surface area contributed by atoms with Crippen molar-refractivity contribution in [3.63, 3.8) is 0 Å². The first kappa shape index (κ1) is 12.2. The van der Waals surface area contributed by atoms with Crippen LogP contribution in [-0.2, 0) is 9.31 Å². The second-order valence-corrected chi connectivity index (χ2v) is 3.85. The number of rotatable bonds is 5. The topological polar surface area (TPSA) is 18.5 Å². The van der Waals surface area contributed by atoms with Crippen LogP contribution in [0.2, 0.25) is 0 Å². The number of benzene rings is 2. The summed E-state index contributed by atoms with van der Waals surface area (Å²) in [6.45, 7) is 5.26. The molecule has 2 aromatic rings. The molecule has 0 bridgehead atoms. The van der Waals surface area contributed by atoms with Crippen molar-refractivity contribution in [1.29, 1.82) is 0 Å². The predicted octanol–water partition coefficient (Wildman–Crippen LogP) is 2.61. The van der Waals surface area contributed by atoms with Gasteiger partial charge in [-0.25, -0.2) is 0 Å². The highest BCUT2D eigenvalue weighted by molar-refractivity contribution is 6.61. The maximum atomic E-state index is 5.60. The second kappa shape index (κ2) is 5.85. The Morgan fingerprint density at radius 2 is 1.53 bits per heavy atom. The fourth-order valence-electron chi connectivity index (χ4n) is 1.90. The van der Waals surface area contributed by atoms with E-state index in [1.54, 1.807) is 0 Å². The van der Waals surface area contributed by atoms with Crippen molar-refractivity contribution < 1.29 is 9.31 Å². The van der Waals surface area contributed by atoms with Crippen molar-refractivity contribution in [2.75, 3.05) is 13.2 Å². The molecule has 0 aliphatic carbocycles. The van der Waals surface area contributed by atoms with E-state index in [-0.39, 0.29) is 7.12 Å². The van der Waals surface area contributed by atoms with E-state index in [0.717, 1.165) is 5.46 Å². The van der Waals surface area contributed by atoms with E-state index in [1.807, 2.05) is 26.0 Å². The van der Waals surface area contributed by atoms with Gasteiger partial charge in [0.1, 0.15) is 0 Å². The van der Waals surface area contributed by atoms with Gasteiger partial charge in [0.2, 0.25) is 0 Å². The molecule has 0 saturated heterocycles. The van der Waals surface area contributed by atoms with Crippen LogP contribution in [0.15, 0.2) is 42.5 Å². The lowest BCUT2D eigenvalue weighted by Crippen LogP contribution is -2.36. The van der Waals surface area contributed by atoms with Crippen LogP contribution in [0, 0.1) is 0 Å². The summed E-state index contributed by atoms with van der Waals surface area (Å²) < 4.78 is 11.2. The van der Waals surface area contributed by atoms with E-state index in [2.05, 4.69) is 30.3 Å². The zero-order valence-corrected chi connectivity index (χ0v) is 10.3. The maximum absolute atomic E-state index is 5.60. The molecule has 0 saturated carbocycles. The van der Waals surface area contributed by atoms with Crippen molar-refractivity contribution in [3.05, 3.63) is 42.5 Å². The Hall–Kier alpha value is -1.32. The molecule has 0 amide bonds. The van der Waals surface area contributed by atoms with Crippen molar-refractivity contribution in [2.45, 2.75) is 13.8 Å². The van der Waals surface area contributed by atoms with Crippen LogP contribution in [0.3, 0.4) is 0 Å². The lowest BCUT2D eigenvalue weighted by molar-refractivity contribution is 0.225. The number of hydrogen-bond donors (Lipinski definition) is 0. The van der Waals surface area contributed by atoms with Crippen LogP contribution in [-0.4, -0.2) is 20.3 Å². The van der Waals surface area contributed by atoms with Crippen LogP contribution < -0.4 is 5.46 Å². The Bertz CT molecular complexity index is 478. The molecule has 0 heterocycles. The Morgan fingerprint density at radius 1 is 0.882 bits per heavy atom. The van der Waals surface area contributed by atoms with E-state index in [9.17, 15) is 0 Å². The van der Waals surface area contributed by atoms with Crippen molar-refractivity contribution >= 4 is 23.4 Å². The highest BCUT2D eigenvalue weighted by Crippen LogP contribution is 2.11. The third-order valence-electron chi connectivity index (χ3n) is 2.68. The standard InChI is InChI=1S/C14H17BO2/c1-3-16-15(17-4-2)14-10-9-12-7-5-6-8-13(12)11-14/h5-11H,3-4H2,1-2H3. The molecule has 17 heavy (non-hydrogen) atoms. The fraction of sp³-hybridized carbons (Fsp3) is 0.286. The molecule has 0 fully saturated rings. The second-order valence-electron chi connectivity index (χ2n) is 3.85. The fourth-order valence-corrected chi connectivity index (χ4v) is 1.90. The molecule has 0 atom stereocenters. The molecule has 0 aliphatic rings. The normalized spacial score (nSPS) is 10.7. The Labute approximate surface area is 103 Å². The van der Waals surface area contributed by atoms with Gasteiger partial charge in [0.25, 0.3) is 0 Å². The third kappa shape index (κ3) is 2.87. The molecule has 0 N–H and O–H groups in total. The van der Waals surface area contributed by atoms with Crippen LogP contribution >= 0.6 is 0 Å². The Kier molecular flexibility index (Phi) is 4.18. The number of hydrogen-bond acceptors (Lipinski definition) is 2. The van der Waals surface area contributed by atoms with Crippen LogP contribution in [0.4, 0.5) is 0 Å². The van der Waals surface area contributed by atoms with Gasteiger partial charge in [-0.05, 0) is 30.1 Å². The summed E-state index contributed by atoms with van der Waals surface area (Å²) in [5.74, 6) is 0. The average molecular weight is 228 g/mol. The summed E-state index contributed by atoms with van der Waals surface area (Å²) in [5.41, 5.74) is 1.08. The summed E-state index contributed by atoms with van der Waals surface area (Å²) in [7, 11) is -0.255. The van der Waals surface area contributed by atoms with Crippen molar-refractivity contribution in [1.82, 2.24) is 0 Å². The largest absolute Gasteiger partial charge is 0.493 e. The summed E-state index contributed by atoms with van der Waals surface area (Å²) in [4.78, 5) is 0. The number of fused-ring (bicyclic) bond motifs is 1. The zero-order chi connectivity index (χ0) is 12.1. The van der Waals surface area contributed by atoms with Crippen LogP contribution in [0.1, 0.15) is 13.8 Å². The molecule has 0 unspecified atom stereocenters. The lowest BCUT2D eigenvalue weighted by atomic mass is 9.78. The first-order valence-electron chi connectivity index (χ1n) is 6.07. The van der Waals surface area contributed by atoms with Gasteiger partial charge in [-0.15, -0.1) is 0 Å². The zero-order valence-electron chi connectivity index (χ0n) is 10.3. The molecular formula is C14H17BO2. The molecule has 88 valence electrons. The van der Waals surface area contributed by atoms with Gasteiger partial charge in [-0.2, -0.15) is 0 Å². The maximum Gasteiger partial charge on any atom is 0.493 e. The first-order chi connectivity index (χ1) is 8.35. The summed E-state index contributed by atoms with van der Waals surface area (Å²) in [6, 6.07) is 14.6. The quantitative estimate of drug-likeness (QED) is 0.732.